The van der Waals surface area contributed by atoms with Crippen molar-refractivity contribution < 1.29 is 27.6 Å². The molecular formula is C17H19F3N2O3. The monoisotopic (exact) mass is 356 g/mol. The molecule has 0 aliphatic carbocycles. The van der Waals surface area contributed by atoms with E-state index >= 15 is 0 Å². The van der Waals surface area contributed by atoms with Crippen LogP contribution in [-0.2, 0) is 11.0 Å². The summed E-state index contributed by atoms with van der Waals surface area (Å²) in [6.45, 7) is 3.06. The van der Waals surface area contributed by atoms with Gasteiger partial charge in [-0.25, -0.2) is 4.79 Å². The molecule has 0 radical (unpaired) electrons. The van der Waals surface area contributed by atoms with Crippen LogP contribution in [0.4, 0.5) is 18.0 Å². The Bertz CT molecular complexity index is 685. The summed E-state index contributed by atoms with van der Waals surface area (Å²) in [5.74, 6) is -1.09. The number of Topliss-reactive ketones (excluding diaryl/α,β-unsaturated/α-hetero) is 1. The average molecular weight is 356 g/mol. The average Bonchev–Trinajstić information content (AvgIpc) is 2.76. The van der Waals surface area contributed by atoms with Crippen LogP contribution in [0, 0.1) is 0 Å². The molecule has 1 saturated heterocycles. The van der Waals surface area contributed by atoms with E-state index in [2.05, 4.69) is 5.32 Å². The minimum absolute atomic E-state index is 0.00996. The number of ketones is 1. The predicted molar refractivity (Wildman–Crippen MR) is 83.9 cm³/mol. The van der Waals surface area contributed by atoms with Crippen molar-refractivity contribution in [2.75, 3.05) is 6.54 Å². The zero-order valence-corrected chi connectivity index (χ0v) is 13.9. The summed E-state index contributed by atoms with van der Waals surface area (Å²) < 4.78 is 37.6. The maximum absolute atomic E-state index is 12.5. The van der Waals surface area contributed by atoms with Crippen molar-refractivity contribution in [3.05, 3.63) is 35.4 Å². The molecule has 136 valence electrons. The highest BCUT2D eigenvalue weighted by atomic mass is 19.4. The molecular weight excluding hydrogens is 337 g/mol. The van der Waals surface area contributed by atoms with Crippen molar-refractivity contribution in [3.63, 3.8) is 0 Å². The molecule has 1 atom stereocenters. The number of urea groups is 1. The number of nitrogens with zero attached hydrogens (tertiary/aromatic N) is 1. The molecule has 1 aromatic rings. The summed E-state index contributed by atoms with van der Waals surface area (Å²) in [7, 11) is 0. The zero-order chi connectivity index (χ0) is 18.8. The molecule has 2 rings (SSSR count). The number of benzene rings is 1. The molecule has 1 heterocycles. The van der Waals surface area contributed by atoms with Gasteiger partial charge in [0, 0.05) is 5.56 Å². The molecule has 1 fully saturated rings. The quantitative estimate of drug-likeness (QED) is 0.628. The van der Waals surface area contributed by atoms with Gasteiger partial charge in [0.2, 0.25) is 0 Å². The smallest absolute Gasteiger partial charge is 0.323 e. The van der Waals surface area contributed by atoms with Gasteiger partial charge in [-0.1, -0.05) is 31.9 Å². The molecule has 1 aliphatic heterocycles. The van der Waals surface area contributed by atoms with Crippen LogP contribution < -0.4 is 5.32 Å². The third-order valence-electron chi connectivity index (χ3n) is 4.21. The highest BCUT2D eigenvalue weighted by Crippen LogP contribution is 2.29. The maximum atomic E-state index is 12.5. The molecule has 0 unspecified atom stereocenters. The Morgan fingerprint density at radius 3 is 2.32 bits per heavy atom. The van der Waals surface area contributed by atoms with Crippen LogP contribution in [0.15, 0.2) is 24.3 Å². The summed E-state index contributed by atoms with van der Waals surface area (Å²) >= 11 is 0. The number of hydrogen-bond donors (Lipinski definition) is 1. The van der Waals surface area contributed by atoms with Crippen molar-refractivity contribution in [2.45, 2.75) is 44.8 Å². The Balaban J connectivity index is 2.10. The molecule has 1 aromatic carbocycles. The molecule has 0 bridgehead atoms. The van der Waals surface area contributed by atoms with E-state index in [1.807, 2.05) is 6.92 Å². The van der Waals surface area contributed by atoms with Gasteiger partial charge in [0.05, 0.1) is 12.1 Å². The predicted octanol–water partition coefficient (Wildman–Crippen LogP) is 3.39. The van der Waals surface area contributed by atoms with Gasteiger partial charge in [-0.15, -0.1) is 0 Å². The van der Waals surface area contributed by atoms with Gasteiger partial charge in [-0.2, -0.15) is 13.2 Å². The van der Waals surface area contributed by atoms with E-state index in [4.69, 9.17) is 0 Å². The van der Waals surface area contributed by atoms with Gasteiger partial charge in [0.25, 0.3) is 5.91 Å². The van der Waals surface area contributed by atoms with Gasteiger partial charge >= 0.3 is 12.2 Å². The van der Waals surface area contributed by atoms with Crippen LogP contribution >= 0.6 is 0 Å². The summed E-state index contributed by atoms with van der Waals surface area (Å²) in [6.07, 6.45) is -2.45. The number of halogens is 3. The summed E-state index contributed by atoms with van der Waals surface area (Å²) in [5, 5.41) is 2.59. The van der Waals surface area contributed by atoms with Crippen LogP contribution in [0.25, 0.3) is 0 Å². The number of unbranched alkanes of at least 4 members (excludes halogenated alkanes) is 1. The fraction of sp³-hybridized carbons (Fsp3) is 0.471. The van der Waals surface area contributed by atoms with Crippen molar-refractivity contribution in [3.8, 4) is 0 Å². The first-order valence-electron chi connectivity index (χ1n) is 7.93. The Kier molecular flexibility index (Phi) is 5.20. The van der Waals surface area contributed by atoms with Crippen molar-refractivity contribution in [1.29, 1.82) is 0 Å². The second-order valence-electron chi connectivity index (χ2n) is 6.26. The van der Waals surface area contributed by atoms with Crippen LogP contribution in [0.2, 0.25) is 0 Å². The third kappa shape index (κ3) is 4.00. The highest BCUT2D eigenvalue weighted by molar-refractivity contribution is 6.10. The fourth-order valence-corrected chi connectivity index (χ4v) is 2.67. The number of amides is 3. The number of carbonyl (C=O) groups excluding carboxylic acids is 3. The third-order valence-corrected chi connectivity index (χ3v) is 4.21. The SMILES string of the molecule is CCCC[C@]1(C)NC(=O)N(CC(=O)c2ccc(C(F)(F)F)cc2)C1=O. The molecule has 5 nitrogen and oxygen atoms in total. The number of rotatable bonds is 6. The Hall–Kier alpha value is -2.38. The lowest BCUT2D eigenvalue weighted by atomic mass is 9.95. The summed E-state index contributed by atoms with van der Waals surface area (Å²) in [5.41, 5.74) is -1.91. The Morgan fingerprint density at radius 1 is 1.20 bits per heavy atom. The van der Waals surface area contributed by atoms with E-state index in [9.17, 15) is 27.6 Å². The maximum Gasteiger partial charge on any atom is 0.416 e. The molecule has 0 spiro atoms. The fourth-order valence-electron chi connectivity index (χ4n) is 2.67. The van der Waals surface area contributed by atoms with E-state index in [0.717, 1.165) is 42.0 Å². The number of hydrogen-bond acceptors (Lipinski definition) is 3. The van der Waals surface area contributed by atoms with Gasteiger partial charge in [-0.3, -0.25) is 14.5 Å². The summed E-state index contributed by atoms with van der Waals surface area (Å²) in [6, 6.07) is 3.01. The number of imide groups is 1. The lowest BCUT2D eigenvalue weighted by molar-refractivity contribution is -0.137. The molecule has 0 saturated carbocycles. The standard InChI is InChI=1S/C17H19F3N2O3/c1-3-4-9-16(2)14(24)22(15(25)21-16)10-13(23)11-5-7-12(8-6-11)17(18,19)20/h5-8H,3-4,9-10H2,1-2H3,(H,21,25)/t16-/m0/s1. The minimum Gasteiger partial charge on any atom is -0.323 e. The van der Waals surface area contributed by atoms with E-state index < -0.39 is 41.5 Å². The Morgan fingerprint density at radius 2 is 1.80 bits per heavy atom. The van der Waals surface area contributed by atoms with E-state index in [1.54, 1.807) is 6.92 Å². The lowest BCUT2D eigenvalue weighted by Gasteiger charge is -2.21. The van der Waals surface area contributed by atoms with E-state index in [1.165, 1.54) is 0 Å². The first-order chi connectivity index (χ1) is 11.6. The number of nitrogens with one attached hydrogen (secondary N) is 1. The highest BCUT2D eigenvalue weighted by Gasteiger charge is 2.47. The van der Waals surface area contributed by atoms with E-state index in [-0.39, 0.29) is 5.56 Å². The topological polar surface area (TPSA) is 66.5 Å². The van der Waals surface area contributed by atoms with Crippen LogP contribution in [-0.4, -0.2) is 34.7 Å². The molecule has 1 N–H and O–H groups in total. The lowest BCUT2D eigenvalue weighted by Crippen LogP contribution is -2.44. The van der Waals surface area contributed by atoms with Gasteiger partial charge in [0.1, 0.15) is 5.54 Å². The summed E-state index contributed by atoms with van der Waals surface area (Å²) in [4.78, 5) is 37.5. The van der Waals surface area contributed by atoms with Crippen LogP contribution in [0.3, 0.4) is 0 Å². The van der Waals surface area contributed by atoms with Crippen molar-refractivity contribution in [2.24, 2.45) is 0 Å². The van der Waals surface area contributed by atoms with Crippen LogP contribution in [0.1, 0.15) is 49.0 Å². The molecule has 0 aromatic heterocycles. The van der Waals surface area contributed by atoms with E-state index in [0.29, 0.717) is 6.42 Å². The zero-order valence-electron chi connectivity index (χ0n) is 13.9. The van der Waals surface area contributed by atoms with Crippen molar-refractivity contribution in [1.82, 2.24) is 10.2 Å². The van der Waals surface area contributed by atoms with Gasteiger partial charge < -0.3 is 5.32 Å². The van der Waals surface area contributed by atoms with Crippen LogP contribution in [0.5, 0.6) is 0 Å². The number of alkyl halides is 3. The van der Waals surface area contributed by atoms with Crippen molar-refractivity contribution >= 4 is 17.7 Å². The molecule has 1 aliphatic rings. The number of carbonyl (C=O) groups is 3. The van der Waals surface area contributed by atoms with Gasteiger partial charge in [-0.05, 0) is 25.5 Å². The molecule has 8 heteroatoms. The minimum atomic E-state index is -4.49. The molecule has 25 heavy (non-hydrogen) atoms. The van der Waals surface area contributed by atoms with Gasteiger partial charge in [0.15, 0.2) is 5.78 Å². The Labute approximate surface area is 143 Å². The second-order valence-corrected chi connectivity index (χ2v) is 6.26. The normalized spacial score (nSPS) is 20.8. The first kappa shape index (κ1) is 19.0. The first-order valence-corrected chi connectivity index (χ1v) is 7.93. The largest absolute Gasteiger partial charge is 0.416 e. The second kappa shape index (κ2) is 6.85. The molecule has 3 amide bonds.